The van der Waals surface area contributed by atoms with Gasteiger partial charge >= 0.3 is 0 Å². The van der Waals surface area contributed by atoms with Crippen molar-refractivity contribution in [2.45, 2.75) is 19.0 Å². The van der Waals surface area contributed by atoms with Crippen LogP contribution in [0.25, 0.3) is 0 Å². The van der Waals surface area contributed by atoms with Gasteiger partial charge in [0.15, 0.2) is 5.96 Å². The first-order valence-corrected chi connectivity index (χ1v) is 9.40. The summed E-state index contributed by atoms with van der Waals surface area (Å²) in [6.07, 6.45) is 2.78. The first kappa shape index (κ1) is 19.2. The van der Waals surface area contributed by atoms with Gasteiger partial charge in [0.25, 0.3) is 0 Å². The van der Waals surface area contributed by atoms with Gasteiger partial charge in [0.1, 0.15) is 11.6 Å². The maximum Gasteiger partial charge on any atom is 0.191 e. The molecule has 2 aromatic heterocycles. The molecule has 0 amide bonds. The second kappa shape index (κ2) is 8.90. The quantitative estimate of drug-likeness (QED) is 0.605. The van der Waals surface area contributed by atoms with Crippen molar-refractivity contribution >= 4 is 29.2 Å². The van der Waals surface area contributed by atoms with Gasteiger partial charge in [-0.1, -0.05) is 17.7 Å². The molecule has 2 aromatic rings. The standard InChI is InChI=1S/C19H26ClN7/c1-21-19(23-12-14-6-4-8-17(24-14)26(2)3)25-15-9-11-27(13-15)18-16(20)7-5-10-22-18/h4-8,10,15H,9,11-13H2,1-3H3,(H2,21,23,25). The zero-order valence-electron chi connectivity index (χ0n) is 16.0. The summed E-state index contributed by atoms with van der Waals surface area (Å²) in [4.78, 5) is 17.6. The average Bonchev–Trinajstić information content (AvgIpc) is 3.14. The second-order valence-corrected chi connectivity index (χ2v) is 7.10. The predicted molar refractivity (Wildman–Crippen MR) is 112 cm³/mol. The number of hydrogen-bond acceptors (Lipinski definition) is 5. The predicted octanol–water partition coefficient (Wildman–Crippen LogP) is 2.14. The summed E-state index contributed by atoms with van der Waals surface area (Å²) >= 11 is 6.27. The number of pyridine rings is 2. The van der Waals surface area contributed by atoms with Crippen LogP contribution in [0.5, 0.6) is 0 Å². The van der Waals surface area contributed by atoms with Crippen LogP contribution in [0.1, 0.15) is 12.1 Å². The lowest BCUT2D eigenvalue weighted by atomic mass is 10.3. The molecule has 0 saturated carbocycles. The number of anilines is 2. The molecule has 0 bridgehead atoms. The van der Waals surface area contributed by atoms with Crippen LogP contribution in [0.4, 0.5) is 11.6 Å². The normalized spacial score (nSPS) is 17.1. The van der Waals surface area contributed by atoms with Gasteiger partial charge in [0.05, 0.1) is 17.3 Å². The molecule has 1 aliphatic rings. The average molecular weight is 388 g/mol. The molecule has 1 unspecified atom stereocenters. The first-order valence-electron chi connectivity index (χ1n) is 9.02. The highest BCUT2D eigenvalue weighted by molar-refractivity contribution is 6.32. The molecular weight excluding hydrogens is 362 g/mol. The first-order chi connectivity index (χ1) is 13.1. The van der Waals surface area contributed by atoms with Crippen molar-refractivity contribution in [3.8, 4) is 0 Å². The smallest absolute Gasteiger partial charge is 0.191 e. The van der Waals surface area contributed by atoms with Gasteiger partial charge in [-0.15, -0.1) is 0 Å². The number of guanidine groups is 1. The Balaban J connectivity index is 1.54. The highest BCUT2D eigenvalue weighted by atomic mass is 35.5. The zero-order valence-corrected chi connectivity index (χ0v) is 16.7. The lowest BCUT2D eigenvalue weighted by Gasteiger charge is -2.20. The Labute approximate surface area is 165 Å². The second-order valence-electron chi connectivity index (χ2n) is 6.69. The summed E-state index contributed by atoms with van der Waals surface area (Å²) in [5, 5.41) is 7.51. The topological polar surface area (TPSA) is 68.7 Å². The Morgan fingerprint density at radius 2 is 2.19 bits per heavy atom. The van der Waals surface area contributed by atoms with Crippen LogP contribution in [-0.4, -0.2) is 56.2 Å². The fourth-order valence-electron chi connectivity index (χ4n) is 3.06. The van der Waals surface area contributed by atoms with E-state index in [1.54, 1.807) is 13.2 Å². The van der Waals surface area contributed by atoms with E-state index in [1.165, 1.54) is 0 Å². The molecule has 1 fully saturated rings. The van der Waals surface area contributed by atoms with E-state index in [1.807, 2.05) is 49.3 Å². The minimum Gasteiger partial charge on any atom is -0.363 e. The van der Waals surface area contributed by atoms with Gasteiger partial charge in [0, 0.05) is 46.5 Å². The van der Waals surface area contributed by atoms with Crippen LogP contribution in [0.3, 0.4) is 0 Å². The summed E-state index contributed by atoms with van der Waals surface area (Å²) in [6.45, 7) is 2.37. The molecule has 1 saturated heterocycles. The minimum absolute atomic E-state index is 0.287. The highest BCUT2D eigenvalue weighted by Gasteiger charge is 2.25. The minimum atomic E-state index is 0.287. The summed E-state index contributed by atoms with van der Waals surface area (Å²) in [6, 6.07) is 10.0. The van der Waals surface area contributed by atoms with Crippen LogP contribution in [0.2, 0.25) is 5.02 Å². The van der Waals surface area contributed by atoms with Gasteiger partial charge < -0.3 is 20.4 Å². The van der Waals surface area contributed by atoms with Gasteiger partial charge in [-0.25, -0.2) is 9.97 Å². The van der Waals surface area contributed by atoms with Crippen molar-refractivity contribution in [2.75, 3.05) is 44.0 Å². The SMILES string of the molecule is CN=C(NCc1cccc(N(C)C)n1)NC1CCN(c2ncccc2Cl)C1. The van der Waals surface area contributed by atoms with Crippen LogP contribution < -0.4 is 20.4 Å². The molecule has 0 spiro atoms. The summed E-state index contributed by atoms with van der Waals surface area (Å²) < 4.78 is 0. The molecule has 2 N–H and O–H groups in total. The monoisotopic (exact) mass is 387 g/mol. The number of nitrogens with zero attached hydrogens (tertiary/aromatic N) is 5. The van der Waals surface area contributed by atoms with E-state index < -0.39 is 0 Å². The lowest BCUT2D eigenvalue weighted by molar-refractivity contribution is 0.646. The maximum atomic E-state index is 6.27. The Kier molecular flexibility index (Phi) is 6.34. The number of aliphatic imine (C=N–C) groups is 1. The Bertz CT molecular complexity index is 793. The number of rotatable bonds is 5. The fourth-order valence-corrected chi connectivity index (χ4v) is 3.30. The molecule has 3 heterocycles. The third-order valence-corrected chi connectivity index (χ3v) is 4.77. The molecular formula is C19H26ClN7. The lowest BCUT2D eigenvalue weighted by Crippen LogP contribution is -2.44. The largest absolute Gasteiger partial charge is 0.363 e. The van der Waals surface area contributed by atoms with Crippen LogP contribution in [0.15, 0.2) is 41.5 Å². The van der Waals surface area contributed by atoms with Gasteiger partial charge in [-0.2, -0.15) is 0 Å². The van der Waals surface area contributed by atoms with E-state index in [2.05, 4.69) is 30.5 Å². The van der Waals surface area contributed by atoms with Crippen molar-refractivity contribution in [3.05, 3.63) is 47.2 Å². The van der Waals surface area contributed by atoms with Crippen molar-refractivity contribution in [2.24, 2.45) is 4.99 Å². The van der Waals surface area contributed by atoms with E-state index in [4.69, 9.17) is 11.6 Å². The van der Waals surface area contributed by atoms with E-state index >= 15 is 0 Å². The van der Waals surface area contributed by atoms with Crippen molar-refractivity contribution in [1.29, 1.82) is 0 Å². The van der Waals surface area contributed by atoms with Gasteiger partial charge in [0.2, 0.25) is 0 Å². The molecule has 3 rings (SSSR count). The summed E-state index contributed by atoms with van der Waals surface area (Å²) in [7, 11) is 5.75. The molecule has 0 aliphatic carbocycles. The zero-order chi connectivity index (χ0) is 19.2. The van der Waals surface area contributed by atoms with Gasteiger partial charge in [-0.05, 0) is 30.7 Å². The van der Waals surface area contributed by atoms with Gasteiger partial charge in [-0.3, -0.25) is 4.99 Å². The Hall–Kier alpha value is -2.54. The highest BCUT2D eigenvalue weighted by Crippen LogP contribution is 2.25. The molecule has 0 aromatic carbocycles. The van der Waals surface area contributed by atoms with Crippen LogP contribution >= 0.6 is 11.6 Å². The fraction of sp³-hybridized carbons (Fsp3) is 0.421. The van der Waals surface area contributed by atoms with E-state index in [-0.39, 0.29) is 6.04 Å². The van der Waals surface area contributed by atoms with E-state index in [9.17, 15) is 0 Å². The van der Waals surface area contributed by atoms with E-state index in [0.29, 0.717) is 11.6 Å². The number of halogens is 1. The van der Waals surface area contributed by atoms with Crippen molar-refractivity contribution in [3.63, 3.8) is 0 Å². The summed E-state index contributed by atoms with van der Waals surface area (Å²) in [5.74, 6) is 2.55. The number of nitrogens with one attached hydrogen (secondary N) is 2. The number of aromatic nitrogens is 2. The van der Waals surface area contributed by atoms with Crippen molar-refractivity contribution in [1.82, 2.24) is 20.6 Å². The molecule has 1 atom stereocenters. The van der Waals surface area contributed by atoms with E-state index in [0.717, 1.165) is 42.8 Å². The molecule has 27 heavy (non-hydrogen) atoms. The third kappa shape index (κ3) is 5.01. The maximum absolute atomic E-state index is 6.27. The molecule has 0 radical (unpaired) electrons. The Morgan fingerprint density at radius 1 is 1.33 bits per heavy atom. The third-order valence-electron chi connectivity index (χ3n) is 4.48. The van der Waals surface area contributed by atoms with Crippen LogP contribution in [0, 0.1) is 0 Å². The molecule has 1 aliphatic heterocycles. The number of hydrogen-bond donors (Lipinski definition) is 2. The van der Waals surface area contributed by atoms with Crippen LogP contribution in [-0.2, 0) is 6.54 Å². The summed E-state index contributed by atoms with van der Waals surface area (Å²) in [5.41, 5.74) is 0.970. The Morgan fingerprint density at radius 3 is 2.93 bits per heavy atom. The van der Waals surface area contributed by atoms with Crippen molar-refractivity contribution < 1.29 is 0 Å². The molecule has 7 nitrogen and oxygen atoms in total. The molecule has 144 valence electrons. The molecule has 8 heteroatoms.